The Hall–Kier alpha value is -1.35. The maximum atomic E-state index is 12.3. The molecule has 2 atom stereocenters. The minimum absolute atomic E-state index is 0.0681. The second-order valence-electron chi connectivity index (χ2n) is 4.82. The van der Waals surface area contributed by atoms with Crippen molar-refractivity contribution in [3.63, 3.8) is 0 Å². The van der Waals surface area contributed by atoms with Gasteiger partial charge in [-0.3, -0.25) is 4.79 Å². The highest BCUT2D eigenvalue weighted by Crippen LogP contribution is 2.20. The van der Waals surface area contributed by atoms with Gasteiger partial charge in [0.15, 0.2) is 0 Å². The Morgan fingerprint density at radius 1 is 1.41 bits per heavy atom. The molecule has 17 heavy (non-hydrogen) atoms. The molecule has 92 valence electrons. The molecular formula is C14H20N2O. The van der Waals surface area contributed by atoms with Gasteiger partial charge in [-0.15, -0.1) is 0 Å². The Morgan fingerprint density at radius 3 is 2.76 bits per heavy atom. The number of hydrogen-bond acceptors (Lipinski definition) is 2. The maximum Gasteiger partial charge on any atom is 0.229 e. The number of carbonyl (C=O) groups is 1. The molecule has 1 aromatic carbocycles. The van der Waals surface area contributed by atoms with Gasteiger partial charge in [0.25, 0.3) is 0 Å². The van der Waals surface area contributed by atoms with Crippen molar-refractivity contribution in [1.82, 2.24) is 4.90 Å². The van der Waals surface area contributed by atoms with Crippen LogP contribution in [0.4, 0.5) is 0 Å². The number of amides is 1. The van der Waals surface area contributed by atoms with E-state index in [0.717, 1.165) is 24.9 Å². The third-order valence-corrected chi connectivity index (χ3v) is 3.44. The van der Waals surface area contributed by atoms with E-state index >= 15 is 0 Å². The summed E-state index contributed by atoms with van der Waals surface area (Å²) in [7, 11) is 0. The molecule has 0 aromatic heterocycles. The second-order valence-corrected chi connectivity index (χ2v) is 4.82. The van der Waals surface area contributed by atoms with E-state index in [-0.39, 0.29) is 17.9 Å². The van der Waals surface area contributed by atoms with Gasteiger partial charge >= 0.3 is 0 Å². The first kappa shape index (κ1) is 12.1. The lowest BCUT2D eigenvalue weighted by Crippen LogP contribution is -2.47. The molecule has 1 aliphatic heterocycles. The van der Waals surface area contributed by atoms with Gasteiger partial charge in [0, 0.05) is 19.1 Å². The van der Waals surface area contributed by atoms with Crippen LogP contribution in [0.2, 0.25) is 0 Å². The molecule has 1 saturated heterocycles. The lowest BCUT2D eigenvalue weighted by molar-refractivity contribution is -0.133. The fourth-order valence-corrected chi connectivity index (χ4v) is 2.37. The zero-order valence-corrected chi connectivity index (χ0v) is 10.3. The van der Waals surface area contributed by atoms with Gasteiger partial charge in [-0.25, -0.2) is 0 Å². The number of rotatable bonds is 2. The smallest absolute Gasteiger partial charge is 0.229 e. The average molecular weight is 232 g/mol. The van der Waals surface area contributed by atoms with E-state index in [1.807, 2.05) is 42.2 Å². The van der Waals surface area contributed by atoms with Crippen LogP contribution >= 0.6 is 0 Å². The van der Waals surface area contributed by atoms with Crippen LogP contribution < -0.4 is 5.73 Å². The minimum Gasteiger partial charge on any atom is -0.341 e. The topological polar surface area (TPSA) is 46.3 Å². The molecule has 0 spiro atoms. The molecule has 0 bridgehead atoms. The lowest BCUT2D eigenvalue weighted by Gasteiger charge is -2.32. The van der Waals surface area contributed by atoms with E-state index in [4.69, 9.17) is 5.73 Å². The quantitative estimate of drug-likeness (QED) is 0.844. The average Bonchev–Trinajstić information content (AvgIpc) is 2.38. The van der Waals surface area contributed by atoms with Crippen molar-refractivity contribution in [2.75, 3.05) is 13.1 Å². The van der Waals surface area contributed by atoms with E-state index in [9.17, 15) is 4.79 Å². The summed E-state index contributed by atoms with van der Waals surface area (Å²) in [6.07, 6.45) is 2.05. The van der Waals surface area contributed by atoms with Crippen LogP contribution in [0.5, 0.6) is 0 Å². The van der Waals surface area contributed by atoms with Crippen molar-refractivity contribution < 1.29 is 4.79 Å². The first-order valence-electron chi connectivity index (χ1n) is 6.28. The SMILES string of the molecule is C[C@H](C(=O)N1CCC[C@@H](N)C1)c1ccccc1. The number of nitrogens with two attached hydrogens (primary N) is 1. The molecule has 0 aliphatic carbocycles. The molecule has 1 amide bonds. The highest BCUT2D eigenvalue weighted by atomic mass is 16.2. The predicted octanol–water partition coefficient (Wildman–Crippen LogP) is 1.74. The first-order chi connectivity index (χ1) is 8.18. The number of likely N-dealkylation sites (tertiary alicyclic amines) is 1. The maximum absolute atomic E-state index is 12.3. The van der Waals surface area contributed by atoms with Gasteiger partial charge in [-0.05, 0) is 25.3 Å². The molecule has 2 rings (SSSR count). The summed E-state index contributed by atoms with van der Waals surface area (Å²) in [5.74, 6) is 0.132. The van der Waals surface area contributed by atoms with Crippen LogP contribution in [0.25, 0.3) is 0 Å². The van der Waals surface area contributed by atoms with E-state index in [1.165, 1.54) is 0 Å². The van der Waals surface area contributed by atoms with Crippen molar-refractivity contribution in [1.29, 1.82) is 0 Å². The normalized spacial score (nSPS) is 22.2. The third-order valence-electron chi connectivity index (χ3n) is 3.44. The van der Waals surface area contributed by atoms with Crippen molar-refractivity contribution in [3.05, 3.63) is 35.9 Å². The third kappa shape index (κ3) is 2.86. The largest absolute Gasteiger partial charge is 0.341 e. The molecule has 0 radical (unpaired) electrons. The summed E-state index contributed by atoms with van der Waals surface area (Å²) in [6.45, 7) is 3.53. The second kappa shape index (κ2) is 5.32. The molecular weight excluding hydrogens is 212 g/mol. The van der Waals surface area contributed by atoms with Crippen molar-refractivity contribution in [2.45, 2.75) is 31.7 Å². The highest BCUT2D eigenvalue weighted by molar-refractivity contribution is 5.83. The van der Waals surface area contributed by atoms with Crippen molar-refractivity contribution in [3.8, 4) is 0 Å². The summed E-state index contributed by atoms with van der Waals surface area (Å²) < 4.78 is 0. The molecule has 1 fully saturated rings. The number of piperidine rings is 1. The van der Waals surface area contributed by atoms with Gasteiger partial charge in [0.05, 0.1) is 5.92 Å². The van der Waals surface area contributed by atoms with Gasteiger partial charge in [-0.1, -0.05) is 30.3 Å². The predicted molar refractivity (Wildman–Crippen MR) is 68.6 cm³/mol. The Kier molecular flexibility index (Phi) is 3.79. The van der Waals surface area contributed by atoms with Gasteiger partial charge in [0.1, 0.15) is 0 Å². The number of nitrogens with zero attached hydrogens (tertiary/aromatic N) is 1. The molecule has 1 aromatic rings. The summed E-state index contributed by atoms with van der Waals surface area (Å²) >= 11 is 0. The Balaban J connectivity index is 2.04. The molecule has 0 saturated carbocycles. The first-order valence-corrected chi connectivity index (χ1v) is 6.28. The molecule has 3 heteroatoms. The van der Waals surface area contributed by atoms with E-state index < -0.39 is 0 Å². The van der Waals surface area contributed by atoms with E-state index in [2.05, 4.69) is 0 Å². The van der Waals surface area contributed by atoms with E-state index in [1.54, 1.807) is 0 Å². The van der Waals surface area contributed by atoms with Crippen LogP contribution in [0.1, 0.15) is 31.2 Å². The minimum atomic E-state index is -0.0681. The van der Waals surface area contributed by atoms with Crippen LogP contribution in [0.3, 0.4) is 0 Å². The van der Waals surface area contributed by atoms with Gasteiger partial charge < -0.3 is 10.6 Å². The molecule has 1 aliphatic rings. The van der Waals surface area contributed by atoms with Crippen molar-refractivity contribution in [2.24, 2.45) is 5.73 Å². The number of benzene rings is 1. The zero-order chi connectivity index (χ0) is 12.3. The van der Waals surface area contributed by atoms with Crippen LogP contribution in [-0.2, 0) is 4.79 Å². The summed E-state index contributed by atoms with van der Waals surface area (Å²) in [5, 5.41) is 0. The standard InChI is InChI=1S/C14H20N2O/c1-11(12-6-3-2-4-7-12)14(17)16-9-5-8-13(15)10-16/h2-4,6-7,11,13H,5,8-10,15H2,1H3/t11-,13+/m0/s1. The molecule has 3 nitrogen and oxygen atoms in total. The molecule has 1 heterocycles. The number of hydrogen-bond donors (Lipinski definition) is 1. The van der Waals surface area contributed by atoms with Gasteiger partial charge in [0.2, 0.25) is 5.91 Å². The zero-order valence-electron chi connectivity index (χ0n) is 10.3. The monoisotopic (exact) mass is 232 g/mol. The highest BCUT2D eigenvalue weighted by Gasteiger charge is 2.25. The summed E-state index contributed by atoms with van der Waals surface area (Å²) in [5.41, 5.74) is 6.99. The fraction of sp³-hybridized carbons (Fsp3) is 0.500. The van der Waals surface area contributed by atoms with Crippen molar-refractivity contribution >= 4 is 5.91 Å². The molecule has 2 N–H and O–H groups in total. The summed E-state index contributed by atoms with van der Waals surface area (Å²) in [6, 6.07) is 10.1. The lowest BCUT2D eigenvalue weighted by atomic mass is 9.98. The fourth-order valence-electron chi connectivity index (χ4n) is 2.37. The summed E-state index contributed by atoms with van der Waals surface area (Å²) in [4.78, 5) is 14.2. The Bertz CT molecular complexity index is 377. The van der Waals surface area contributed by atoms with Crippen LogP contribution in [0, 0.1) is 0 Å². The van der Waals surface area contributed by atoms with Crippen LogP contribution in [0.15, 0.2) is 30.3 Å². The van der Waals surface area contributed by atoms with Gasteiger partial charge in [-0.2, -0.15) is 0 Å². The van der Waals surface area contributed by atoms with Crippen LogP contribution in [-0.4, -0.2) is 29.9 Å². The molecule has 0 unspecified atom stereocenters. The Morgan fingerprint density at radius 2 is 2.12 bits per heavy atom. The van der Waals surface area contributed by atoms with E-state index in [0.29, 0.717) is 6.54 Å². The Labute approximate surface area is 103 Å². The number of carbonyl (C=O) groups excluding carboxylic acids is 1.